The summed E-state index contributed by atoms with van der Waals surface area (Å²) < 4.78 is 5.57. The number of anilines is 2. The maximum atomic E-state index is 5.57. The van der Waals surface area contributed by atoms with Crippen molar-refractivity contribution in [2.45, 2.75) is 43.7 Å². The number of nitrogens with two attached hydrogens (primary N) is 1. The zero-order valence-electron chi connectivity index (χ0n) is 12.2. The van der Waals surface area contributed by atoms with Crippen molar-refractivity contribution < 1.29 is 4.74 Å². The van der Waals surface area contributed by atoms with Crippen molar-refractivity contribution in [3.05, 3.63) is 0 Å². The van der Waals surface area contributed by atoms with Crippen molar-refractivity contribution in [1.29, 1.82) is 0 Å². The molecular formula is C12H22N6OS. The number of ether oxygens (including phenoxy) is 1. The van der Waals surface area contributed by atoms with E-state index in [9.17, 15) is 0 Å². The number of nitrogen functional groups attached to an aromatic ring is 1. The third kappa shape index (κ3) is 3.50. The normalized spacial score (nSPS) is 22.0. The summed E-state index contributed by atoms with van der Waals surface area (Å²) in [7, 11) is 0. The lowest BCUT2D eigenvalue weighted by molar-refractivity contribution is 0.127. The highest BCUT2D eigenvalue weighted by Gasteiger charge is 2.26. The van der Waals surface area contributed by atoms with Crippen molar-refractivity contribution >= 4 is 23.7 Å². The molecule has 8 heteroatoms. The smallest absolute Gasteiger partial charge is 0.242 e. The summed E-state index contributed by atoms with van der Waals surface area (Å²) in [6, 6.07) is 0. The molecule has 1 aliphatic heterocycles. The van der Waals surface area contributed by atoms with Gasteiger partial charge < -0.3 is 9.64 Å². The number of hydrogen-bond acceptors (Lipinski definition) is 8. The predicted molar refractivity (Wildman–Crippen MR) is 80.9 cm³/mol. The van der Waals surface area contributed by atoms with Crippen LogP contribution in [0.2, 0.25) is 0 Å². The van der Waals surface area contributed by atoms with Crippen molar-refractivity contribution in [3.63, 3.8) is 0 Å². The lowest BCUT2D eigenvalue weighted by atomic mass is 10.3. The molecule has 0 amide bonds. The van der Waals surface area contributed by atoms with Crippen LogP contribution < -0.4 is 16.2 Å². The molecule has 0 aromatic carbocycles. The van der Waals surface area contributed by atoms with Crippen LogP contribution in [0.1, 0.15) is 27.2 Å². The molecule has 1 aliphatic rings. The molecule has 2 rings (SSSR count). The zero-order valence-corrected chi connectivity index (χ0v) is 13.0. The van der Waals surface area contributed by atoms with Gasteiger partial charge in [0.25, 0.3) is 0 Å². The highest BCUT2D eigenvalue weighted by molar-refractivity contribution is 7.99. The highest BCUT2D eigenvalue weighted by atomic mass is 32.2. The van der Waals surface area contributed by atoms with Crippen LogP contribution in [0.15, 0.2) is 5.16 Å². The van der Waals surface area contributed by atoms with Gasteiger partial charge in [0.05, 0.1) is 6.10 Å². The van der Waals surface area contributed by atoms with E-state index in [0.29, 0.717) is 22.3 Å². The predicted octanol–water partition coefficient (Wildman–Crippen LogP) is 1.27. The fraction of sp³-hybridized carbons (Fsp3) is 0.750. The Morgan fingerprint density at radius 3 is 2.65 bits per heavy atom. The minimum absolute atomic E-state index is 0.225. The van der Waals surface area contributed by atoms with E-state index in [0.717, 1.165) is 26.1 Å². The van der Waals surface area contributed by atoms with E-state index in [1.54, 1.807) is 11.8 Å². The van der Waals surface area contributed by atoms with Gasteiger partial charge in [0.2, 0.25) is 11.9 Å². The average Bonchev–Trinajstić information content (AvgIpc) is 2.85. The summed E-state index contributed by atoms with van der Waals surface area (Å²) in [4.78, 5) is 15.2. The second kappa shape index (κ2) is 7.05. The second-order valence-electron chi connectivity index (χ2n) is 4.58. The molecule has 0 spiro atoms. The molecule has 2 unspecified atom stereocenters. The van der Waals surface area contributed by atoms with Crippen LogP contribution in [0.5, 0.6) is 0 Å². The lowest BCUT2D eigenvalue weighted by Gasteiger charge is -2.20. The number of hydrogen-bond donors (Lipinski definition) is 2. The van der Waals surface area contributed by atoms with Gasteiger partial charge in [0, 0.05) is 24.9 Å². The summed E-state index contributed by atoms with van der Waals surface area (Å²) in [5.74, 6) is 6.51. The number of rotatable bonds is 6. The molecule has 1 fully saturated rings. The molecule has 1 aromatic rings. The number of nitrogens with one attached hydrogen (secondary N) is 1. The van der Waals surface area contributed by atoms with Crippen LogP contribution in [0.4, 0.5) is 11.9 Å². The maximum Gasteiger partial charge on any atom is 0.242 e. The van der Waals surface area contributed by atoms with Crippen molar-refractivity contribution in [2.75, 3.05) is 30.0 Å². The summed E-state index contributed by atoms with van der Waals surface area (Å²) in [5, 5.41) is 1.07. The average molecular weight is 298 g/mol. The molecule has 112 valence electrons. The van der Waals surface area contributed by atoms with Crippen LogP contribution in [0.3, 0.4) is 0 Å². The van der Waals surface area contributed by atoms with Gasteiger partial charge in [0.15, 0.2) is 5.16 Å². The van der Waals surface area contributed by atoms with E-state index < -0.39 is 0 Å². The van der Waals surface area contributed by atoms with Crippen LogP contribution in [0, 0.1) is 0 Å². The molecule has 20 heavy (non-hydrogen) atoms. The van der Waals surface area contributed by atoms with Gasteiger partial charge in [-0.1, -0.05) is 11.8 Å². The lowest BCUT2D eigenvalue weighted by Crippen LogP contribution is -2.26. The van der Waals surface area contributed by atoms with Crippen molar-refractivity contribution in [3.8, 4) is 0 Å². The maximum absolute atomic E-state index is 5.57. The third-order valence-electron chi connectivity index (χ3n) is 3.34. The van der Waals surface area contributed by atoms with Crippen molar-refractivity contribution in [2.24, 2.45) is 5.84 Å². The SMILES string of the molecule is CCN(CC)c1nc(NN)nc(SC2CCOC2C)n1. The van der Waals surface area contributed by atoms with E-state index in [-0.39, 0.29) is 6.10 Å². The minimum Gasteiger partial charge on any atom is -0.377 e. The fourth-order valence-corrected chi connectivity index (χ4v) is 3.14. The summed E-state index contributed by atoms with van der Waals surface area (Å²) >= 11 is 1.63. The van der Waals surface area contributed by atoms with Gasteiger partial charge in [-0.2, -0.15) is 15.0 Å². The summed E-state index contributed by atoms with van der Waals surface area (Å²) in [6.45, 7) is 8.72. The van der Waals surface area contributed by atoms with Gasteiger partial charge in [0.1, 0.15) is 0 Å². The molecule has 0 saturated carbocycles. The monoisotopic (exact) mass is 298 g/mol. The standard InChI is InChI=1S/C12H22N6OS/c1-4-18(5-2)11-14-10(17-13)15-12(16-11)20-9-6-7-19-8(9)3/h8-9H,4-7,13H2,1-3H3,(H,14,15,16,17). The number of nitrogens with zero attached hydrogens (tertiary/aromatic N) is 4. The first-order chi connectivity index (χ1) is 9.67. The van der Waals surface area contributed by atoms with Gasteiger partial charge >= 0.3 is 0 Å². The quantitative estimate of drug-likeness (QED) is 0.599. The highest BCUT2D eigenvalue weighted by Crippen LogP contribution is 2.31. The Morgan fingerprint density at radius 1 is 1.35 bits per heavy atom. The first kappa shape index (κ1) is 15.3. The van der Waals surface area contributed by atoms with E-state index in [1.165, 1.54) is 0 Å². The Morgan fingerprint density at radius 2 is 2.10 bits per heavy atom. The Kier molecular flexibility index (Phi) is 5.38. The van der Waals surface area contributed by atoms with Crippen LogP contribution in [-0.4, -0.2) is 46.0 Å². The van der Waals surface area contributed by atoms with Gasteiger partial charge in [-0.3, -0.25) is 5.43 Å². The molecule has 2 atom stereocenters. The van der Waals surface area contributed by atoms with Gasteiger partial charge in [-0.25, -0.2) is 5.84 Å². The Hall–Kier alpha value is -1.12. The van der Waals surface area contributed by atoms with Crippen LogP contribution in [-0.2, 0) is 4.74 Å². The molecule has 0 bridgehead atoms. The minimum atomic E-state index is 0.225. The molecule has 2 heterocycles. The molecular weight excluding hydrogens is 276 g/mol. The topological polar surface area (TPSA) is 89.2 Å². The van der Waals surface area contributed by atoms with Crippen LogP contribution >= 0.6 is 11.8 Å². The zero-order chi connectivity index (χ0) is 14.5. The Bertz CT molecular complexity index is 442. The molecule has 1 saturated heterocycles. The van der Waals surface area contributed by atoms with Crippen molar-refractivity contribution in [1.82, 2.24) is 15.0 Å². The first-order valence-corrected chi connectivity index (χ1v) is 7.81. The Labute approximate surface area is 123 Å². The number of hydrazine groups is 1. The largest absolute Gasteiger partial charge is 0.377 e. The summed E-state index contributed by atoms with van der Waals surface area (Å²) in [6.07, 6.45) is 1.24. The second-order valence-corrected chi connectivity index (χ2v) is 5.79. The molecule has 0 aliphatic carbocycles. The number of aromatic nitrogens is 3. The number of thioether (sulfide) groups is 1. The molecule has 1 aromatic heterocycles. The van der Waals surface area contributed by atoms with E-state index in [1.807, 2.05) is 0 Å². The Balaban J connectivity index is 2.21. The summed E-state index contributed by atoms with van der Waals surface area (Å²) in [5.41, 5.74) is 2.51. The van der Waals surface area contributed by atoms with E-state index in [4.69, 9.17) is 10.6 Å². The van der Waals surface area contributed by atoms with Gasteiger partial charge in [-0.05, 0) is 27.2 Å². The third-order valence-corrected chi connectivity index (χ3v) is 4.66. The molecule has 7 nitrogen and oxygen atoms in total. The van der Waals surface area contributed by atoms with E-state index in [2.05, 4.69) is 46.0 Å². The van der Waals surface area contributed by atoms with Crippen LogP contribution in [0.25, 0.3) is 0 Å². The van der Waals surface area contributed by atoms with Gasteiger partial charge in [-0.15, -0.1) is 0 Å². The molecule has 0 radical (unpaired) electrons. The fourth-order valence-electron chi connectivity index (χ4n) is 2.11. The first-order valence-electron chi connectivity index (χ1n) is 6.93. The van der Waals surface area contributed by atoms with E-state index >= 15 is 0 Å². The molecule has 3 N–H and O–H groups in total.